The molecule has 53 heavy (non-hydrogen) atoms. The Morgan fingerprint density at radius 1 is 0.396 bits per heavy atom. The standard InChI is InChI=1S/C50H97NO2/c1-3-5-7-9-11-13-15-17-19-21-23-25-27-29-31-33-35-37-39-41-45-49(46-42-44-48-52)50(53)51-47-43-40-38-36-34-32-30-28-26-24-22-20-18-16-14-12-10-8-6-4-2/h17-20,49,52H,3-16,21-48H2,1-2H3,(H,51,53)/b19-17-,20-18-. The van der Waals surface area contributed by atoms with Crippen molar-refractivity contribution in [3.05, 3.63) is 24.3 Å². The molecule has 0 aliphatic rings. The molecule has 3 nitrogen and oxygen atoms in total. The Kier molecular flexibility index (Phi) is 46.1. The number of aliphatic hydroxyl groups excluding tert-OH is 1. The average molecular weight is 744 g/mol. The Hall–Kier alpha value is -1.09. The summed E-state index contributed by atoms with van der Waals surface area (Å²) in [5.41, 5.74) is 0. The molecule has 0 saturated carbocycles. The van der Waals surface area contributed by atoms with E-state index in [-0.39, 0.29) is 18.4 Å². The van der Waals surface area contributed by atoms with Crippen LogP contribution in [-0.4, -0.2) is 24.2 Å². The minimum Gasteiger partial charge on any atom is -0.396 e. The van der Waals surface area contributed by atoms with Crippen molar-refractivity contribution in [3.63, 3.8) is 0 Å². The number of allylic oxidation sites excluding steroid dienone is 4. The van der Waals surface area contributed by atoms with Gasteiger partial charge in [0.15, 0.2) is 0 Å². The van der Waals surface area contributed by atoms with Gasteiger partial charge in [0.2, 0.25) is 5.91 Å². The van der Waals surface area contributed by atoms with Crippen molar-refractivity contribution in [2.24, 2.45) is 5.92 Å². The molecule has 2 N–H and O–H groups in total. The SMILES string of the molecule is CCCCCCCC/C=C\CCCCCCCCCCCCNC(=O)C(CCCCO)CCCCCCCCCCCC/C=C\CCCCCCCC. The summed E-state index contributed by atoms with van der Waals surface area (Å²) in [4.78, 5) is 13.0. The van der Waals surface area contributed by atoms with Crippen LogP contribution in [-0.2, 0) is 4.79 Å². The minimum absolute atomic E-state index is 0.132. The first-order chi connectivity index (χ1) is 26.3. The van der Waals surface area contributed by atoms with Crippen LogP contribution in [0.3, 0.4) is 0 Å². The van der Waals surface area contributed by atoms with Gasteiger partial charge in [-0.1, -0.05) is 218 Å². The highest BCUT2D eigenvalue weighted by Crippen LogP contribution is 2.19. The van der Waals surface area contributed by atoms with E-state index in [9.17, 15) is 9.90 Å². The van der Waals surface area contributed by atoms with E-state index in [1.807, 2.05) is 0 Å². The fourth-order valence-corrected chi connectivity index (χ4v) is 7.69. The second kappa shape index (κ2) is 47.1. The molecule has 0 aliphatic carbocycles. The second-order valence-corrected chi connectivity index (χ2v) is 16.7. The highest BCUT2D eigenvalue weighted by molar-refractivity contribution is 5.78. The normalized spacial score (nSPS) is 12.4. The Labute approximate surface area is 334 Å². The number of hydrogen-bond donors (Lipinski definition) is 2. The summed E-state index contributed by atoms with van der Waals surface area (Å²) in [5, 5.41) is 12.5. The molecule has 0 aliphatic heterocycles. The Bertz CT molecular complexity index is 746. The largest absolute Gasteiger partial charge is 0.396 e. The van der Waals surface area contributed by atoms with E-state index in [0.717, 1.165) is 38.6 Å². The quantitative estimate of drug-likeness (QED) is 0.0482. The summed E-state index contributed by atoms with van der Waals surface area (Å²) in [7, 11) is 0. The lowest BCUT2D eigenvalue weighted by molar-refractivity contribution is -0.125. The maximum absolute atomic E-state index is 13.0. The third-order valence-electron chi connectivity index (χ3n) is 11.4. The topological polar surface area (TPSA) is 49.3 Å². The Morgan fingerprint density at radius 3 is 1.02 bits per heavy atom. The lowest BCUT2D eigenvalue weighted by Crippen LogP contribution is -2.31. The van der Waals surface area contributed by atoms with Crippen molar-refractivity contribution < 1.29 is 9.90 Å². The van der Waals surface area contributed by atoms with E-state index >= 15 is 0 Å². The molecule has 314 valence electrons. The van der Waals surface area contributed by atoms with E-state index in [4.69, 9.17) is 0 Å². The Morgan fingerprint density at radius 2 is 0.679 bits per heavy atom. The van der Waals surface area contributed by atoms with Crippen LogP contribution in [0.25, 0.3) is 0 Å². The molecule has 1 unspecified atom stereocenters. The number of hydrogen-bond acceptors (Lipinski definition) is 2. The maximum Gasteiger partial charge on any atom is 0.223 e. The zero-order valence-corrected chi connectivity index (χ0v) is 36.4. The summed E-state index contributed by atoms with van der Waals surface area (Å²) in [6, 6.07) is 0. The summed E-state index contributed by atoms with van der Waals surface area (Å²) in [6.45, 7) is 5.65. The van der Waals surface area contributed by atoms with Crippen molar-refractivity contribution in [2.75, 3.05) is 13.2 Å². The minimum atomic E-state index is 0.132. The van der Waals surface area contributed by atoms with Gasteiger partial charge in [-0.15, -0.1) is 0 Å². The summed E-state index contributed by atoms with van der Waals surface area (Å²) in [5.74, 6) is 0.401. The number of unbranched alkanes of at least 4 members (excludes halogenated alkanes) is 33. The van der Waals surface area contributed by atoms with Crippen LogP contribution in [0.15, 0.2) is 24.3 Å². The second-order valence-electron chi connectivity index (χ2n) is 16.7. The molecule has 0 radical (unpaired) electrons. The lowest BCUT2D eigenvalue weighted by atomic mass is 9.94. The third kappa shape index (κ3) is 43.5. The van der Waals surface area contributed by atoms with Gasteiger partial charge in [-0.3, -0.25) is 4.79 Å². The van der Waals surface area contributed by atoms with E-state index in [2.05, 4.69) is 43.5 Å². The molecule has 0 spiro atoms. The number of carbonyl (C=O) groups is 1. The van der Waals surface area contributed by atoms with Crippen LogP contribution < -0.4 is 5.32 Å². The maximum atomic E-state index is 13.0. The molecule has 3 heteroatoms. The van der Waals surface area contributed by atoms with Crippen molar-refractivity contribution in [2.45, 2.75) is 271 Å². The van der Waals surface area contributed by atoms with Crippen LogP contribution in [0.2, 0.25) is 0 Å². The van der Waals surface area contributed by atoms with Crippen LogP contribution in [0, 0.1) is 5.92 Å². The number of aliphatic hydroxyl groups is 1. The number of carbonyl (C=O) groups excluding carboxylic acids is 1. The number of nitrogens with one attached hydrogen (secondary N) is 1. The van der Waals surface area contributed by atoms with E-state index in [1.54, 1.807) is 0 Å². The van der Waals surface area contributed by atoms with Gasteiger partial charge in [0.25, 0.3) is 0 Å². The summed E-state index contributed by atoms with van der Waals surface area (Å²) >= 11 is 0. The van der Waals surface area contributed by atoms with Gasteiger partial charge in [0.05, 0.1) is 0 Å². The molecule has 0 aromatic heterocycles. The Balaban J connectivity index is 3.64. The monoisotopic (exact) mass is 744 g/mol. The molecule has 0 aromatic carbocycles. The molecular formula is C50H97NO2. The molecule has 1 atom stereocenters. The van der Waals surface area contributed by atoms with Gasteiger partial charge in [0, 0.05) is 19.1 Å². The smallest absolute Gasteiger partial charge is 0.223 e. The van der Waals surface area contributed by atoms with Crippen molar-refractivity contribution in [3.8, 4) is 0 Å². The number of rotatable bonds is 45. The molecule has 0 heterocycles. The molecule has 0 saturated heterocycles. The average Bonchev–Trinajstić information content (AvgIpc) is 3.17. The van der Waals surface area contributed by atoms with Gasteiger partial charge in [-0.05, 0) is 77.0 Å². The van der Waals surface area contributed by atoms with Crippen LogP contribution in [0.5, 0.6) is 0 Å². The fourth-order valence-electron chi connectivity index (χ4n) is 7.69. The van der Waals surface area contributed by atoms with Crippen LogP contribution in [0.1, 0.15) is 271 Å². The van der Waals surface area contributed by atoms with Gasteiger partial charge in [-0.2, -0.15) is 0 Å². The highest BCUT2D eigenvalue weighted by atomic mass is 16.3. The summed E-state index contributed by atoms with van der Waals surface area (Å²) in [6.07, 6.45) is 61.9. The molecule has 0 fully saturated rings. The first kappa shape index (κ1) is 51.9. The first-order valence-corrected chi connectivity index (χ1v) is 24.4. The van der Waals surface area contributed by atoms with Crippen molar-refractivity contribution >= 4 is 5.91 Å². The first-order valence-electron chi connectivity index (χ1n) is 24.4. The highest BCUT2D eigenvalue weighted by Gasteiger charge is 2.17. The third-order valence-corrected chi connectivity index (χ3v) is 11.4. The fraction of sp³-hybridized carbons (Fsp3) is 0.900. The predicted octanol–water partition coefficient (Wildman–Crippen LogP) is 16.5. The lowest BCUT2D eigenvalue weighted by Gasteiger charge is -2.17. The molecule has 1 amide bonds. The van der Waals surface area contributed by atoms with Gasteiger partial charge in [0.1, 0.15) is 0 Å². The molecule has 0 rings (SSSR count). The number of amides is 1. The van der Waals surface area contributed by atoms with Gasteiger partial charge >= 0.3 is 0 Å². The van der Waals surface area contributed by atoms with Crippen molar-refractivity contribution in [1.29, 1.82) is 0 Å². The zero-order valence-electron chi connectivity index (χ0n) is 36.4. The predicted molar refractivity (Wildman–Crippen MR) is 238 cm³/mol. The van der Waals surface area contributed by atoms with E-state index in [0.29, 0.717) is 0 Å². The van der Waals surface area contributed by atoms with Crippen molar-refractivity contribution in [1.82, 2.24) is 5.32 Å². The zero-order chi connectivity index (χ0) is 38.4. The van der Waals surface area contributed by atoms with E-state index in [1.165, 1.54) is 225 Å². The van der Waals surface area contributed by atoms with Gasteiger partial charge in [-0.25, -0.2) is 0 Å². The van der Waals surface area contributed by atoms with Gasteiger partial charge < -0.3 is 10.4 Å². The van der Waals surface area contributed by atoms with E-state index < -0.39 is 0 Å². The van der Waals surface area contributed by atoms with Crippen LogP contribution in [0.4, 0.5) is 0 Å². The molecule has 0 aromatic rings. The molecular weight excluding hydrogens is 647 g/mol. The summed E-state index contributed by atoms with van der Waals surface area (Å²) < 4.78 is 0. The molecule has 0 bridgehead atoms. The van der Waals surface area contributed by atoms with Crippen LogP contribution >= 0.6 is 0 Å².